The molecule has 0 saturated carbocycles. The molecule has 0 aliphatic carbocycles. The van der Waals surface area contributed by atoms with E-state index in [2.05, 4.69) is 107 Å². The first-order valence-corrected chi connectivity index (χ1v) is 20.3. The number of rotatable bonds is 6. The van der Waals surface area contributed by atoms with Crippen molar-refractivity contribution < 1.29 is 0 Å². The average molecular weight is 816 g/mol. The molecule has 10 rings (SSSR count). The molecular formula is C57H33N7. The Labute approximate surface area is 369 Å². The molecule has 10 aromatic rings. The first kappa shape index (κ1) is 39.7. The van der Waals surface area contributed by atoms with Crippen LogP contribution in [0.5, 0.6) is 0 Å². The van der Waals surface area contributed by atoms with Crippen molar-refractivity contribution in [1.82, 2.24) is 9.13 Å². The zero-order valence-corrected chi connectivity index (χ0v) is 34.3. The van der Waals surface area contributed by atoms with Crippen LogP contribution in [0, 0.1) is 56.7 Å². The number of hydrogen-bond acceptors (Lipinski definition) is 5. The standard InChI is InChI=1S/C52H28N6.C5H5N/c53-29-33-9-13-35(14-10-33)37-19-23-51-47(25-37)43-5-1-3-7-49(43)57(51)41-21-17-39(31-55)45(27-41)46-28-42(22-18-40(46)32-56)58-50-8-4-2-6-44(50)48-26-38(20-24-52(48)58)36-15-11-34(30-54)12-16-36;1-3-5(2)4-6/h1-28H;3H,1-2H2. The highest BCUT2D eigenvalue weighted by Gasteiger charge is 2.19. The summed E-state index contributed by atoms with van der Waals surface area (Å²) in [4.78, 5) is 0. The van der Waals surface area contributed by atoms with Crippen LogP contribution in [0.4, 0.5) is 0 Å². The van der Waals surface area contributed by atoms with E-state index in [-0.39, 0.29) is 0 Å². The van der Waals surface area contributed by atoms with Gasteiger partial charge in [0.05, 0.1) is 74.7 Å². The number of nitrogens with zero attached hydrogens (tertiary/aromatic N) is 7. The van der Waals surface area contributed by atoms with Crippen LogP contribution >= 0.6 is 0 Å². The molecule has 0 amide bonds. The third-order valence-corrected chi connectivity index (χ3v) is 11.5. The highest BCUT2D eigenvalue weighted by molar-refractivity contribution is 6.12. The maximum atomic E-state index is 10.5. The average Bonchev–Trinajstić information content (AvgIpc) is 3.88. The van der Waals surface area contributed by atoms with E-state index >= 15 is 0 Å². The highest BCUT2D eigenvalue weighted by atomic mass is 15.0. The maximum absolute atomic E-state index is 10.5. The number of para-hydroxylation sites is 2. The van der Waals surface area contributed by atoms with Crippen molar-refractivity contribution >= 4 is 43.6 Å². The van der Waals surface area contributed by atoms with E-state index in [0.717, 1.165) is 77.2 Å². The molecule has 0 aliphatic heterocycles. The topological polar surface area (TPSA) is 129 Å². The van der Waals surface area contributed by atoms with Gasteiger partial charge >= 0.3 is 0 Å². The lowest BCUT2D eigenvalue weighted by Gasteiger charge is -2.15. The van der Waals surface area contributed by atoms with Crippen LogP contribution in [-0.4, -0.2) is 9.13 Å². The lowest BCUT2D eigenvalue weighted by Crippen LogP contribution is -1.99. The van der Waals surface area contributed by atoms with E-state index < -0.39 is 0 Å². The summed E-state index contributed by atoms with van der Waals surface area (Å²) in [6.07, 6.45) is 1.42. The number of aromatic nitrogens is 2. The van der Waals surface area contributed by atoms with E-state index in [4.69, 9.17) is 5.26 Å². The number of benzene rings is 8. The number of nitriles is 5. The lowest BCUT2D eigenvalue weighted by atomic mass is 9.95. The third-order valence-electron chi connectivity index (χ3n) is 11.5. The molecule has 0 aliphatic rings. The van der Waals surface area contributed by atoms with Crippen LogP contribution in [0.15, 0.2) is 195 Å². The smallest absolute Gasteiger partial charge is 0.0998 e. The Bertz CT molecular complexity index is 3520. The van der Waals surface area contributed by atoms with E-state index in [1.54, 1.807) is 6.07 Å². The Kier molecular flexibility index (Phi) is 10.4. The molecule has 0 unspecified atom stereocenters. The van der Waals surface area contributed by atoms with E-state index in [1.165, 1.54) is 6.08 Å². The molecule has 0 spiro atoms. The minimum absolute atomic E-state index is 0.412. The van der Waals surface area contributed by atoms with Crippen LogP contribution in [0.2, 0.25) is 0 Å². The van der Waals surface area contributed by atoms with Crippen molar-refractivity contribution in [2.45, 2.75) is 0 Å². The van der Waals surface area contributed by atoms with Gasteiger partial charge in [-0.1, -0.05) is 92.0 Å². The molecule has 8 aromatic carbocycles. The van der Waals surface area contributed by atoms with Gasteiger partial charge in [0.1, 0.15) is 0 Å². The SMILES string of the molecule is C=CC(=C)C#N.N#Cc1ccc(-c2ccc3c(c2)c2ccccc2n3-c2ccc(C#N)c(-c3cc(-n4c5ccccc5c5cc(-c6ccc(C#N)cc6)ccc54)ccc3C#N)c2)cc1. The van der Waals surface area contributed by atoms with Gasteiger partial charge in [0.25, 0.3) is 0 Å². The molecule has 0 radical (unpaired) electrons. The molecule has 0 atom stereocenters. The Balaban J connectivity index is 0.000000810. The Hall–Kier alpha value is -9.71. The van der Waals surface area contributed by atoms with Crippen LogP contribution in [0.1, 0.15) is 22.3 Å². The zero-order chi connectivity index (χ0) is 44.3. The van der Waals surface area contributed by atoms with Crippen LogP contribution in [-0.2, 0) is 0 Å². The molecular weight excluding hydrogens is 783 g/mol. The number of hydrogen-bond donors (Lipinski definition) is 0. The quantitative estimate of drug-likeness (QED) is 0.122. The number of allylic oxidation sites excluding steroid dienone is 2. The lowest BCUT2D eigenvalue weighted by molar-refractivity contribution is 1.17. The van der Waals surface area contributed by atoms with Crippen molar-refractivity contribution in [1.29, 1.82) is 26.3 Å². The fourth-order valence-corrected chi connectivity index (χ4v) is 8.36. The van der Waals surface area contributed by atoms with Crippen molar-refractivity contribution in [3.05, 3.63) is 217 Å². The maximum Gasteiger partial charge on any atom is 0.0998 e. The van der Waals surface area contributed by atoms with Crippen molar-refractivity contribution in [2.24, 2.45) is 0 Å². The van der Waals surface area contributed by atoms with Crippen molar-refractivity contribution in [3.63, 3.8) is 0 Å². The minimum Gasteiger partial charge on any atom is -0.309 e. The van der Waals surface area contributed by atoms with Gasteiger partial charge in [-0.2, -0.15) is 26.3 Å². The summed E-state index contributed by atoms with van der Waals surface area (Å²) in [5, 5.41) is 51.9. The molecule has 0 N–H and O–H groups in total. The van der Waals surface area contributed by atoms with Gasteiger partial charge in [-0.3, -0.25) is 0 Å². The third kappa shape index (κ3) is 6.99. The largest absolute Gasteiger partial charge is 0.309 e. The summed E-state index contributed by atoms with van der Waals surface area (Å²) in [5.41, 5.74) is 13.9. The number of fused-ring (bicyclic) bond motifs is 6. The molecule has 0 fully saturated rings. The Morgan fingerprint density at radius 3 is 1.16 bits per heavy atom. The molecule has 0 saturated heterocycles. The molecule has 2 aromatic heterocycles. The van der Waals surface area contributed by atoms with Crippen molar-refractivity contribution in [3.8, 4) is 75.1 Å². The van der Waals surface area contributed by atoms with E-state index in [1.807, 2.05) is 109 Å². The van der Waals surface area contributed by atoms with Crippen LogP contribution in [0.25, 0.3) is 88.4 Å². The summed E-state index contributed by atoms with van der Waals surface area (Å²) < 4.78 is 4.43. The van der Waals surface area contributed by atoms with Gasteiger partial charge in [-0.15, -0.1) is 0 Å². The molecule has 296 valence electrons. The molecule has 2 heterocycles. The molecule has 64 heavy (non-hydrogen) atoms. The molecule has 7 heteroatoms. The Morgan fingerprint density at radius 2 is 0.797 bits per heavy atom. The molecule has 7 nitrogen and oxygen atoms in total. The van der Waals surface area contributed by atoms with Gasteiger partial charge in [0.15, 0.2) is 0 Å². The monoisotopic (exact) mass is 815 g/mol. The predicted molar refractivity (Wildman–Crippen MR) is 255 cm³/mol. The van der Waals surface area contributed by atoms with Crippen LogP contribution < -0.4 is 0 Å². The summed E-state index contributed by atoms with van der Waals surface area (Å²) in [7, 11) is 0. The summed E-state index contributed by atoms with van der Waals surface area (Å²) in [5.74, 6) is 0. The Morgan fingerprint density at radius 1 is 0.406 bits per heavy atom. The second-order valence-electron chi connectivity index (χ2n) is 15.1. The normalized spacial score (nSPS) is 10.5. The van der Waals surface area contributed by atoms with Crippen molar-refractivity contribution in [2.75, 3.05) is 0 Å². The van der Waals surface area contributed by atoms with E-state index in [9.17, 15) is 21.0 Å². The second-order valence-corrected chi connectivity index (χ2v) is 15.1. The van der Waals surface area contributed by atoms with Gasteiger partial charge in [-0.05, 0) is 119 Å². The van der Waals surface area contributed by atoms with E-state index in [0.29, 0.717) is 39.0 Å². The molecule has 0 bridgehead atoms. The summed E-state index contributed by atoms with van der Waals surface area (Å²) in [6, 6.07) is 67.3. The van der Waals surface area contributed by atoms with Gasteiger partial charge in [0.2, 0.25) is 0 Å². The first-order chi connectivity index (χ1) is 31.4. The minimum atomic E-state index is 0.412. The fourth-order valence-electron chi connectivity index (χ4n) is 8.36. The summed E-state index contributed by atoms with van der Waals surface area (Å²) >= 11 is 0. The highest BCUT2D eigenvalue weighted by Crippen LogP contribution is 2.40. The zero-order valence-electron chi connectivity index (χ0n) is 34.3. The van der Waals surface area contributed by atoms with Crippen LogP contribution in [0.3, 0.4) is 0 Å². The van der Waals surface area contributed by atoms with Gasteiger partial charge in [-0.25, -0.2) is 0 Å². The first-order valence-electron chi connectivity index (χ1n) is 20.3. The summed E-state index contributed by atoms with van der Waals surface area (Å²) in [6.45, 7) is 6.62. The fraction of sp³-hybridized carbons (Fsp3) is 0. The van der Waals surface area contributed by atoms with Gasteiger partial charge < -0.3 is 9.13 Å². The van der Waals surface area contributed by atoms with Gasteiger partial charge in [0, 0.05) is 49.6 Å². The second kappa shape index (κ2) is 16.7. The predicted octanol–water partition coefficient (Wildman–Crippen LogP) is 13.6.